The Morgan fingerprint density at radius 1 is 0.577 bits per heavy atom. The van der Waals surface area contributed by atoms with Gasteiger partial charge in [0.15, 0.2) is 0 Å². The molecule has 0 aliphatic rings. The number of methoxy groups -OCH3 is 3. The van der Waals surface area contributed by atoms with Gasteiger partial charge in [0.25, 0.3) is 0 Å². The van der Waals surface area contributed by atoms with E-state index in [1.807, 2.05) is 42.5 Å². The average Bonchev–Trinajstić information content (AvgIpc) is 2.71. The van der Waals surface area contributed by atoms with Crippen LogP contribution in [0, 0.1) is 0 Å². The fourth-order valence-corrected chi connectivity index (χ4v) is 3.59. The maximum Gasteiger partial charge on any atom is 0.134 e. The van der Waals surface area contributed by atoms with Crippen LogP contribution in [0.1, 0.15) is 0 Å². The highest BCUT2D eigenvalue weighted by Gasteiger charge is 2.19. The standard InChI is InChI=1S/C23H20O3/c1-24-20-13-12-15-8-4-5-9-16(15)22(20)19-14-21(25-2)17-10-6-7-11-18(17)23(19)26-3/h4-14H,1-3H3. The lowest BCUT2D eigenvalue weighted by Crippen LogP contribution is -1.96. The van der Waals surface area contributed by atoms with Crippen LogP contribution in [0.4, 0.5) is 0 Å². The van der Waals surface area contributed by atoms with Gasteiger partial charge >= 0.3 is 0 Å². The van der Waals surface area contributed by atoms with Crippen LogP contribution in [0.15, 0.2) is 66.7 Å². The third-order valence-electron chi connectivity index (χ3n) is 4.76. The average molecular weight is 344 g/mol. The molecule has 4 aromatic rings. The number of hydrogen-bond acceptors (Lipinski definition) is 3. The Balaban J connectivity index is 2.17. The molecule has 0 spiro atoms. The van der Waals surface area contributed by atoms with E-state index in [1.54, 1.807) is 21.3 Å². The minimum atomic E-state index is 0.805. The van der Waals surface area contributed by atoms with Crippen LogP contribution < -0.4 is 14.2 Å². The maximum absolute atomic E-state index is 5.85. The fraction of sp³-hybridized carbons (Fsp3) is 0.130. The molecule has 4 rings (SSSR count). The smallest absolute Gasteiger partial charge is 0.134 e. The molecule has 3 nitrogen and oxygen atoms in total. The normalized spacial score (nSPS) is 10.9. The number of benzene rings is 4. The number of ether oxygens (including phenoxy) is 3. The van der Waals surface area contributed by atoms with Crippen molar-refractivity contribution in [1.29, 1.82) is 0 Å². The molecule has 0 aliphatic carbocycles. The summed E-state index contributed by atoms with van der Waals surface area (Å²) in [5.74, 6) is 2.43. The van der Waals surface area contributed by atoms with E-state index in [0.717, 1.165) is 49.9 Å². The lowest BCUT2D eigenvalue weighted by Gasteiger charge is -2.18. The van der Waals surface area contributed by atoms with Crippen LogP contribution in [0.2, 0.25) is 0 Å². The maximum atomic E-state index is 5.85. The molecule has 0 amide bonds. The van der Waals surface area contributed by atoms with Crippen LogP contribution in [0.3, 0.4) is 0 Å². The Kier molecular flexibility index (Phi) is 4.13. The van der Waals surface area contributed by atoms with Gasteiger partial charge in [-0.1, -0.05) is 54.6 Å². The van der Waals surface area contributed by atoms with Crippen LogP contribution in [-0.4, -0.2) is 21.3 Å². The first-order chi connectivity index (χ1) is 12.8. The van der Waals surface area contributed by atoms with E-state index in [-0.39, 0.29) is 0 Å². The van der Waals surface area contributed by atoms with Gasteiger partial charge in [-0.05, 0) is 22.9 Å². The van der Waals surface area contributed by atoms with Gasteiger partial charge in [-0.25, -0.2) is 0 Å². The summed E-state index contributed by atoms with van der Waals surface area (Å²) < 4.78 is 17.2. The molecule has 26 heavy (non-hydrogen) atoms. The van der Waals surface area contributed by atoms with Crippen molar-refractivity contribution in [2.75, 3.05) is 21.3 Å². The summed E-state index contributed by atoms with van der Waals surface area (Å²) >= 11 is 0. The first-order valence-electron chi connectivity index (χ1n) is 8.48. The van der Waals surface area contributed by atoms with Gasteiger partial charge in [0.1, 0.15) is 17.2 Å². The molecule has 0 atom stereocenters. The highest BCUT2D eigenvalue weighted by molar-refractivity contribution is 6.06. The van der Waals surface area contributed by atoms with Crippen LogP contribution in [0.5, 0.6) is 17.2 Å². The Morgan fingerprint density at radius 3 is 1.92 bits per heavy atom. The summed E-state index contributed by atoms with van der Waals surface area (Å²) in [5.41, 5.74) is 1.96. The second kappa shape index (κ2) is 6.60. The van der Waals surface area contributed by atoms with Crippen molar-refractivity contribution in [3.05, 3.63) is 66.7 Å². The molecular formula is C23H20O3. The zero-order valence-electron chi connectivity index (χ0n) is 15.1. The molecule has 0 saturated heterocycles. The molecule has 130 valence electrons. The predicted octanol–water partition coefficient (Wildman–Crippen LogP) is 5.69. The highest BCUT2D eigenvalue weighted by atomic mass is 16.5. The van der Waals surface area contributed by atoms with Crippen molar-refractivity contribution in [2.45, 2.75) is 0 Å². The quantitative estimate of drug-likeness (QED) is 0.476. The van der Waals surface area contributed by atoms with Crippen molar-refractivity contribution < 1.29 is 14.2 Å². The summed E-state index contributed by atoms with van der Waals surface area (Å²) in [7, 11) is 5.09. The van der Waals surface area contributed by atoms with Crippen LogP contribution >= 0.6 is 0 Å². The zero-order valence-corrected chi connectivity index (χ0v) is 15.1. The van der Waals surface area contributed by atoms with E-state index in [1.165, 1.54) is 0 Å². The fourth-order valence-electron chi connectivity index (χ4n) is 3.59. The minimum absolute atomic E-state index is 0.805. The van der Waals surface area contributed by atoms with Crippen molar-refractivity contribution in [2.24, 2.45) is 0 Å². The predicted molar refractivity (Wildman–Crippen MR) is 107 cm³/mol. The lowest BCUT2D eigenvalue weighted by molar-refractivity contribution is 0.408. The van der Waals surface area contributed by atoms with E-state index in [2.05, 4.69) is 24.3 Å². The third-order valence-corrected chi connectivity index (χ3v) is 4.76. The minimum Gasteiger partial charge on any atom is -0.496 e. The third kappa shape index (κ3) is 2.44. The Bertz CT molecular complexity index is 1100. The topological polar surface area (TPSA) is 27.7 Å². The summed E-state index contributed by atoms with van der Waals surface area (Å²) in [6.45, 7) is 0. The number of fused-ring (bicyclic) bond motifs is 2. The van der Waals surface area contributed by atoms with Gasteiger partial charge < -0.3 is 14.2 Å². The Hall–Kier alpha value is -3.20. The number of rotatable bonds is 4. The Labute approximate surface area is 152 Å². The zero-order chi connectivity index (χ0) is 18.1. The first kappa shape index (κ1) is 16.3. The van der Waals surface area contributed by atoms with Crippen molar-refractivity contribution in [3.8, 4) is 28.4 Å². The highest BCUT2D eigenvalue weighted by Crippen LogP contribution is 2.47. The lowest BCUT2D eigenvalue weighted by atomic mass is 9.93. The van der Waals surface area contributed by atoms with Crippen molar-refractivity contribution in [1.82, 2.24) is 0 Å². The SMILES string of the molecule is COc1ccc2ccccc2c1-c1cc(OC)c2ccccc2c1OC. The largest absolute Gasteiger partial charge is 0.496 e. The van der Waals surface area contributed by atoms with E-state index in [0.29, 0.717) is 0 Å². The molecule has 0 unspecified atom stereocenters. The Morgan fingerprint density at radius 2 is 1.23 bits per heavy atom. The summed E-state index contributed by atoms with van der Waals surface area (Å²) in [6.07, 6.45) is 0. The van der Waals surface area contributed by atoms with Gasteiger partial charge in [0, 0.05) is 21.9 Å². The molecule has 0 fully saturated rings. The molecule has 0 radical (unpaired) electrons. The molecule has 3 heteroatoms. The van der Waals surface area contributed by atoms with E-state index < -0.39 is 0 Å². The van der Waals surface area contributed by atoms with Gasteiger partial charge in [0.2, 0.25) is 0 Å². The summed E-state index contributed by atoms with van der Waals surface area (Å²) in [5, 5.41) is 4.30. The molecule has 0 aromatic heterocycles. The molecule has 0 saturated carbocycles. The van der Waals surface area contributed by atoms with E-state index >= 15 is 0 Å². The van der Waals surface area contributed by atoms with E-state index in [9.17, 15) is 0 Å². The van der Waals surface area contributed by atoms with E-state index in [4.69, 9.17) is 14.2 Å². The molecule has 0 aliphatic heterocycles. The number of hydrogen-bond donors (Lipinski definition) is 0. The van der Waals surface area contributed by atoms with Gasteiger partial charge in [-0.2, -0.15) is 0 Å². The van der Waals surface area contributed by atoms with Gasteiger partial charge in [-0.15, -0.1) is 0 Å². The monoisotopic (exact) mass is 344 g/mol. The van der Waals surface area contributed by atoms with Crippen LogP contribution in [-0.2, 0) is 0 Å². The summed E-state index contributed by atoms with van der Waals surface area (Å²) in [6, 6.07) is 22.5. The molecule has 0 N–H and O–H groups in total. The van der Waals surface area contributed by atoms with Crippen molar-refractivity contribution >= 4 is 21.5 Å². The van der Waals surface area contributed by atoms with Crippen molar-refractivity contribution in [3.63, 3.8) is 0 Å². The summed E-state index contributed by atoms with van der Waals surface area (Å²) in [4.78, 5) is 0. The second-order valence-electron chi connectivity index (χ2n) is 6.07. The second-order valence-corrected chi connectivity index (χ2v) is 6.07. The molecule has 0 bridgehead atoms. The molecule has 4 aromatic carbocycles. The molecule has 0 heterocycles. The first-order valence-corrected chi connectivity index (χ1v) is 8.48. The molecular weight excluding hydrogens is 324 g/mol. The van der Waals surface area contributed by atoms with Gasteiger partial charge in [0.05, 0.1) is 21.3 Å². The van der Waals surface area contributed by atoms with Gasteiger partial charge in [-0.3, -0.25) is 0 Å². The van der Waals surface area contributed by atoms with Crippen LogP contribution in [0.25, 0.3) is 32.7 Å².